The van der Waals surface area contributed by atoms with Gasteiger partial charge in [0, 0.05) is 45.5 Å². The normalized spacial score (nSPS) is 10.4. The Labute approximate surface area is 124 Å². The lowest BCUT2D eigenvalue weighted by Crippen LogP contribution is -2.38. The molecule has 0 bridgehead atoms. The van der Waals surface area contributed by atoms with Gasteiger partial charge in [-0.05, 0) is 12.1 Å². The first kappa shape index (κ1) is 15.1. The van der Waals surface area contributed by atoms with Crippen molar-refractivity contribution < 1.29 is 4.79 Å². The number of rotatable bonds is 6. The van der Waals surface area contributed by atoms with Crippen LogP contribution in [0.1, 0.15) is 5.56 Å². The number of hydrogen-bond donors (Lipinski definition) is 2. The molecule has 1 aromatic carbocycles. The van der Waals surface area contributed by atoms with Crippen molar-refractivity contribution in [3.8, 4) is 5.69 Å². The molecule has 0 fully saturated rings. The minimum Gasteiger partial charge on any atom is -0.337 e. The molecule has 1 heterocycles. The molecular weight excluding hydrogens is 266 g/mol. The third-order valence-electron chi connectivity index (χ3n) is 2.97. The van der Waals surface area contributed by atoms with Crippen LogP contribution in [0.15, 0.2) is 42.7 Å². The number of para-hydroxylation sites is 1. The fourth-order valence-electron chi connectivity index (χ4n) is 1.82. The molecule has 0 aliphatic rings. The van der Waals surface area contributed by atoms with Crippen LogP contribution in [0.2, 0.25) is 0 Å². The maximum atomic E-state index is 11.3. The Hall–Kier alpha value is -2.34. The van der Waals surface area contributed by atoms with Gasteiger partial charge in [0.15, 0.2) is 0 Å². The monoisotopic (exact) mass is 287 g/mol. The SMILES string of the molecule is CN(C)C(=O)NCCNCc1cnn(-c2ccccc2)c1. The lowest BCUT2D eigenvalue weighted by atomic mass is 10.3. The Bertz CT molecular complexity index is 564. The maximum absolute atomic E-state index is 11.3. The van der Waals surface area contributed by atoms with E-state index in [1.54, 1.807) is 14.1 Å². The molecule has 6 nitrogen and oxygen atoms in total. The van der Waals surface area contributed by atoms with E-state index < -0.39 is 0 Å². The summed E-state index contributed by atoms with van der Waals surface area (Å²) in [4.78, 5) is 12.8. The molecule has 2 rings (SSSR count). The summed E-state index contributed by atoms with van der Waals surface area (Å²) in [6.07, 6.45) is 3.85. The molecule has 0 aliphatic carbocycles. The molecule has 0 saturated carbocycles. The quantitative estimate of drug-likeness (QED) is 0.786. The minimum absolute atomic E-state index is 0.0753. The van der Waals surface area contributed by atoms with E-state index in [0.717, 1.165) is 24.3 Å². The van der Waals surface area contributed by atoms with E-state index in [0.29, 0.717) is 6.54 Å². The number of hydrogen-bond acceptors (Lipinski definition) is 3. The van der Waals surface area contributed by atoms with E-state index in [2.05, 4.69) is 15.7 Å². The fraction of sp³-hybridized carbons (Fsp3) is 0.333. The molecule has 0 atom stereocenters. The highest BCUT2D eigenvalue weighted by Crippen LogP contribution is 2.07. The predicted molar refractivity (Wildman–Crippen MR) is 82.4 cm³/mol. The second kappa shape index (κ2) is 7.44. The van der Waals surface area contributed by atoms with Crippen LogP contribution in [0.4, 0.5) is 4.79 Å². The smallest absolute Gasteiger partial charge is 0.316 e. The first-order valence-corrected chi connectivity index (χ1v) is 6.91. The zero-order chi connectivity index (χ0) is 15.1. The molecular formula is C15H21N5O. The Morgan fingerprint density at radius 1 is 1.24 bits per heavy atom. The number of carbonyl (C=O) groups is 1. The number of nitrogens with one attached hydrogen (secondary N) is 2. The van der Waals surface area contributed by atoms with Gasteiger partial charge in [0.1, 0.15) is 0 Å². The van der Waals surface area contributed by atoms with Crippen LogP contribution in [-0.4, -0.2) is 47.9 Å². The molecule has 0 unspecified atom stereocenters. The molecule has 2 N–H and O–H groups in total. The molecule has 0 aliphatic heterocycles. The highest BCUT2D eigenvalue weighted by atomic mass is 16.2. The summed E-state index contributed by atoms with van der Waals surface area (Å²) >= 11 is 0. The van der Waals surface area contributed by atoms with Crippen LogP contribution in [0.5, 0.6) is 0 Å². The van der Waals surface area contributed by atoms with Gasteiger partial charge in [0.2, 0.25) is 0 Å². The molecule has 112 valence electrons. The molecule has 2 aromatic rings. The van der Waals surface area contributed by atoms with Crippen molar-refractivity contribution in [3.63, 3.8) is 0 Å². The van der Waals surface area contributed by atoms with Crippen molar-refractivity contribution in [3.05, 3.63) is 48.3 Å². The van der Waals surface area contributed by atoms with Crippen molar-refractivity contribution in [1.82, 2.24) is 25.3 Å². The van der Waals surface area contributed by atoms with E-state index in [1.807, 2.05) is 47.4 Å². The van der Waals surface area contributed by atoms with Crippen molar-refractivity contribution in [2.75, 3.05) is 27.2 Å². The summed E-state index contributed by atoms with van der Waals surface area (Å²) in [5.74, 6) is 0. The Morgan fingerprint density at radius 3 is 2.71 bits per heavy atom. The third kappa shape index (κ3) is 4.61. The zero-order valence-corrected chi connectivity index (χ0v) is 12.4. The lowest BCUT2D eigenvalue weighted by molar-refractivity contribution is 0.217. The van der Waals surface area contributed by atoms with E-state index in [9.17, 15) is 4.79 Å². The first-order chi connectivity index (χ1) is 10.2. The van der Waals surface area contributed by atoms with Crippen molar-refractivity contribution in [2.45, 2.75) is 6.54 Å². The van der Waals surface area contributed by atoms with Gasteiger partial charge in [-0.3, -0.25) is 0 Å². The number of urea groups is 1. The van der Waals surface area contributed by atoms with Crippen LogP contribution in [-0.2, 0) is 6.54 Å². The van der Waals surface area contributed by atoms with Gasteiger partial charge in [-0.1, -0.05) is 18.2 Å². The largest absolute Gasteiger partial charge is 0.337 e. The average Bonchev–Trinajstić information content (AvgIpc) is 2.96. The van der Waals surface area contributed by atoms with Gasteiger partial charge < -0.3 is 15.5 Å². The highest BCUT2D eigenvalue weighted by Gasteiger charge is 2.02. The topological polar surface area (TPSA) is 62.2 Å². The Balaban J connectivity index is 1.73. The van der Waals surface area contributed by atoms with Crippen molar-refractivity contribution in [2.24, 2.45) is 0 Å². The minimum atomic E-state index is -0.0753. The molecule has 1 aromatic heterocycles. The van der Waals surface area contributed by atoms with E-state index in [4.69, 9.17) is 0 Å². The van der Waals surface area contributed by atoms with Crippen LogP contribution < -0.4 is 10.6 Å². The maximum Gasteiger partial charge on any atom is 0.316 e. The summed E-state index contributed by atoms with van der Waals surface area (Å²) in [7, 11) is 3.45. The highest BCUT2D eigenvalue weighted by molar-refractivity contribution is 5.73. The molecule has 0 spiro atoms. The average molecular weight is 287 g/mol. The summed E-state index contributed by atoms with van der Waals surface area (Å²) < 4.78 is 1.85. The second-order valence-electron chi connectivity index (χ2n) is 4.93. The number of benzene rings is 1. The lowest BCUT2D eigenvalue weighted by Gasteiger charge is -2.11. The van der Waals surface area contributed by atoms with Gasteiger partial charge in [-0.15, -0.1) is 0 Å². The van der Waals surface area contributed by atoms with Crippen LogP contribution in [0.25, 0.3) is 5.69 Å². The predicted octanol–water partition coefficient (Wildman–Crippen LogP) is 1.23. The summed E-state index contributed by atoms with van der Waals surface area (Å²) in [5.41, 5.74) is 2.15. The molecule has 6 heteroatoms. The summed E-state index contributed by atoms with van der Waals surface area (Å²) in [6, 6.07) is 9.91. The standard InChI is InChI=1S/C15H21N5O/c1-19(2)15(21)17-9-8-16-10-13-11-18-20(12-13)14-6-4-3-5-7-14/h3-7,11-12,16H,8-10H2,1-2H3,(H,17,21). The van der Waals surface area contributed by atoms with E-state index >= 15 is 0 Å². The number of carbonyl (C=O) groups excluding carboxylic acids is 1. The van der Waals surface area contributed by atoms with E-state index in [-0.39, 0.29) is 6.03 Å². The van der Waals surface area contributed by atoms with Crippen LogP contribution in [0, 0.1) is 0 Å². The van der Waals surface area contributed by atoms with Crippen molar-refractivity contribution >= 4 is 6.03 Å². The van der Waals surface area contributed by atoms with Gasteiger partial charge in [0.25, 0.3) is 0 Å². The zero-order valence-electron chi connectivity index (χ0n) is 12.4. The Kier molecular flexibility index (Phi) is 5.34. The molecule has 21 heavy (non-hydrogen) atoms. The number of aromatic nitrogens is 2. The third-order valence-corrected chi connectivity index (χ3v) is 2.97. The molecule has 0 saturated heterocycles. The number of amides is 2. The van der Waals surface area contributed by atoms with Gasteiger partial charge in [-0.2, -0.15) is 5.10 Å². The van der Waals surface area contributed by atoms with Crippen LogP contribution in [0.3, 0.4) is 0 Å². The number of nitrogens with zero attached hydrogens (tertiary/aromatic N) is 3. The van der Waals surface area contributed by atoms with Crippen LogP contribution >= 0.6 is 0 Å². The first-order valence-electron chi connectivity index (χ1n) is 6.91. The Morgan fingerprint density at radius 2 is 2.00 bits per heavy atom. The molecule has 2 amide bonds. The fourth-order valence-corrected chi connectivity index (χ4v) is 1.82. The summed E-state index contributed by atoms with van der Waals surface area (Å²) in [5, 5.41) is 10.4. The second-order valence-corrected chi connectivity index (χ2v) is 4.93. The molecule has 0 radical (unpaired) electrons. The summed E-state index contributed by atoms with van der Waals surface area (Å²) in [6.45, 7) is 2.05. The van der Waals surface area contributed by atoms with Gasteiger partial charge in [-0.25, -0.2) is 9.48 Å². The van der Waals surface area contributed by atoms with Gasteiger partial charge in [0.05, 0.1) is 11.9 Å². The van der Waals surface area contributed by atoms with Crippen molar-refractivity contribution in [1.29, 1.82) is 0 Å². The van der Waals surface area contributed by atoms with E-state index in [1.165, 1.54) is 4.90 Å². The van der Waals surface area contributed by atoms with Gasteiger partial charge >= 0.3 is 6.03 Å².